The van der Waals surface area contributed by atoms with Gasteiger partial charge in [0.25, 0.3) is 0 Å². The number of nitrogens with one attached hydrogen (secondary N) is 2. The molecule has 0 atom stereocenters. The standard InChI is InChI=1S/C20H26N2O5/c1-15-4-9-18(19(14-15)25-3)27-13-11-22-20(23)21-10-12-26-17-7-5-16(24-2)6-8-17/h4-9,14H,10-13H2,1-3H3,(H2,21,22,23). The lowest BCUT2D eigenvalue weighted by Gasteiger charge is -2.12. The van der Waals surface area contributed by atoms with E-state index in [1.807, 2.05) is 49.4 Å². The van der Waals surface area contributed by atoms with Crippen molar-refractivity contribution in [3.8, 4) is 23.0 Å². The number of carbonyl (C=O) groups is 1. The number of rotatable bonds is 10. The summed E-state index contributed by atoms with van der Waals surface area (Å²) in [4.78, 5) is 11.7. The van der Waals surface area contributed by atoms with E-state index in [1.54, 1.807) is 14.2 Å². The molecule has 146 valence electrons. The van der Waals surface area contributed by atoms with Crippen LogP contribution < -0.4 is 29.6 Å². The minimum absolute atomic E-state index is 0.271. The molecule has 2 aromatic carbocycles. The number of hydrogen-bond acceptors (Lipinski definition) is 5. The summed E-state index contributed by atoms with van der Waals surface area (Å²) >= 11 is 0. The molecule has 0 saturated carbocycles. The van der Waals surface area contributed by atoms with Crippen LogP contribution in [0.4, 0.5) is 4.79 Å². The van der Waals surface area contributed by atoms with Gasteiger partial charge in [-0.3, -0.25) is 0 Å². The molecule has 0 unspecified atom stereocenters. The molecule has 0 radical (unpaired) electrons. The Labute approximate surface area is 159 Å². The van der Waals surface area contributed by atoms with Gasteiger partial charge in [0.1, 0.15) is 24.7 Å². The molecule has 7 heteroatoms. The van der Waals surface area contributed by atoms with Gasteiger partial charge in [0.05, 0.1) is 27.3 Å². The number of benzene rings is 2. The maximum absolute atomic E-state index is 11.7. The van der Waals surface area contributed by atoms with Crippen molar-refractivity contribution in [3.63, 3.8) is 0 Å². The highest BCUT2D eigenvalue weighted by Gasteiger charge is 2.05. The van der Waals surface area contributed by atoms with E-state index < -0.39 is 0 Å². The zero-order valence-electron chi connectivity index (χ0n) is 15.9. The van der Waals surface area contributed by atoms with Crippen LogP contribution in [0, 0.1) is 6.92 Å². The summed E-state index contributed by atoms with van der Waals surface area (Å²) in [7, 11) is 3.21. The third-order valence-corrected chi connectivity index (χ3v) is 3.68. The van der Waals surface area contributed by atoms with Crippen LogP contribution in [-0.4, -0.2) is 46.6 Å². The number of carbonyl (C=O) groups excluding carboxylic acids is 1. The molecule has 7 nitrogen and oxygen atoms in total. The summed E-state index contributed by atoms with van der Waals surface area (Å²) in [5.41, 5.74) is 1.09. The molecular formula is C20H26N2O5. The Bertz CT molecular complexity index is 719. The van der Waals surface area contributed by atoms with Crippen LogP contribution in [0.2, 0.25) is 0 Å². The fourth-order valence-electron chi connectivity index (χ4n) is 2.29. The van der Waals surface area contributed by atoms with Crippen LogP contribution in [-0.2, 0) is 0 Å². The summed E-state index contributed by atoms with van der Waals surface area (Å²) in [5, 5.41) is 5.45. The molecule has 0 aliphatic carbocycles. The number of amides is 2. The van der Waals surface area contributed by atoms with Crippen LogP contribution in [0.1, 0.15) is 5.56 Å². The van der Waals surface area contributed by atoms with Crippen LogP contribution in [0.3, 0.4) is 0 Å². The highest BCUT2D eigenvalue weighted by atomic mass is 16.5. The molecule has 0 spiro atoms. The Balaban J connectivity index is 1.58. The lowest BCUT2D eigenvalue weighted by atomic mass is 10.2. The van der Waals surface area contributed by atoms with Crippen molar-refractivity contribution in [1.29, 1.82) is 0 Å². The first-order valence-corrected chi connectivity index (χ1v) is 8.68. The summed E-state index contributed by atoms with van der Waals surface area (Å²) in [5.74, 6) is 2.82. The monoisotopic (exact) mass is 374 g/mol. The van der Waals surface area contributed by atoms with E-state index in [1.165, 1.54) is 0 Å². The predicted molar refractivity (Wildman–Crippen MR) is 103 cm³/mol. The third kappa shape index (κ3) is 6.97. The number of aryl methyl sites for hydroxylation is 1. The average molecular weight is 374 g/mol. The molecule has 0 fully saturated rings. The van der Waals surface area contributed by atoms with Gasteiger partial charge < -0.3 is 29.6 Å². The second-order valence-corrected chi connectivity index (χ2v) is 5.71. The number of ether oxygens (including phenoxy) is 4. The Morgan fingerprint density at radius 2 is 1.44 bits per heavy atom. The average Bonchev–Trinajstić information content (AvgIpc) is 2.69. The van der Waals surface area contributed by atoms with Gasteiger partial charge in [0, 0.05) is 0 Å². The first kappa shape index (κ1) is 20.2. The summed E-state index contributed by atoms with van der Waals surface area (Å²) in [6.07, 6.45) is 0. The quantitative estimate of drug-likeness (QED) is 0.625. The molecular weight excluding hydrogens is 348 g/mol. The number of methoxy groups -OCH3 is 2. The maximum Gasteiger partial charge on any atom is 0.315 e. The van der Waals surface area contributed by atoms with Gasteiger partial charge in [0.2, 0.25) is 0 Å². The van der Waals surface area contributed by atoms with Crippen LogP contribution in [0.25, 0.3) is 0 Å². The minimum Gasteiger partial charge on any atom is -0.497 e. The molecule has 27 heavy (non-hydrogen) atoms. The lowest BCUT2D eigenvalue weighted by Crippen LogP contribution is -2.39. The van der Waals surface area contributed by atoms with Crippen LogP contribution in [0.15, 0.2) is 42.5 Å². The van der Waals surface area contributed by atoms with Crippen molar-refractivity contribution in [2.24, 2.45) is 0 Å². The smallest absolute Gasteiger partial charge is 0.315 e. The largest absolute Gasteiger partial charge is 0.497 e. The highest BCUT2D eigenvalue weighted by Crippen LogP contribution is 2.27. The van der Waals surface area contributed by atoms with Crippen molar-refractivity contribution in [2.45, 2.75) is 6.92 Å². The molecule has 0 aliphatic rings. The fourth-order valence-corrected chi connectivity index (χ4v) is 2.29. The summed E-state index contributed by atoms with van der Waals surface area (Å²) < 4.78 is 21.5. The highest BCUT2D eigenvalue weighted by molar-refractivity contribution is 5.73. The maximum atomic E-state index is 11.7. The number of urea groups is 1. The Morgan fingerprint density at radius 3 is 2.07 bits per heavy atom. The van der Waals surface area contributed by atoms with E-state index in [2.05, 4.69) is 10.6 Å². The van der Waals surface area contributed by atoms with Gasteiger partial charge in [-0.1, -0.05) is 6.07 Å². The first-order chi connectivity index (χ1) is 13.1. The Morgan fingerprint density at radius 1 is 0.815 bits per heavy atom. The first-order valence-electron chi connectivity index (χ1n) is 8.68. The molecule has 2 aromatic rings. The number of hydrogen-bond donors (Lipinski definition) is 2. The van der Waals surface area contributed by atoms with Crippen molar-refractivity contribution < 1.29 is 23.7 Å². The molecule has 0 bridgehead atoms. The fraction of sp³-hybridized carbons (Fsp3) is 0.350. The minimum atomic E-state index is -0.271. The van der Waals surface area contributed by atoms with Gasteiger partial charge >= 0.3 is 6.03 Å². The van der Waals surface area contributed by atoms with Crippen molar-refractivity contribution in [1.82, 2.24) is 10.6 Å². The van der Waals surface area contributed by atoms with Crippen molar-refractivity contribution >= 4 is 6.03 Å². The second kappa shape index (κ2) is 10.8. The third-order valence-electron chi connectivity index (χ3n) is 3.68. The molecule has 0 saturated heterocycles. The molecule has 2 N–H and O–H groups in total. The normalized spacial score (nSPS) is 10.0. The molecule has 0 heterocycles. The zero-order valence-corrected chi connectivity index (χ0v) is 15.9. The van der Waals surface area contributed by atoms with Crippen LogP contribution in [0.5, 0.6) is 23.0 Å². The summed E-state index contributed by atoms with van der Waals surface area (Å²) in [6, 6.07) is 12.7. The van der Waals surface area contributed by atoms with Crippen molar-refractivity contribution in [3.05, 3.63) is 48.0 Å². The summed E-state index contributed by atoms with van der Waals surface area (Å²) in [6.45, 7) is 3.47. The molecule has 2 amide bonds. The zero-order chi connectivity index (χ0) is 19.5. The molecule has 0 aromatic heterocycles. The van der Waals surface area contributed by atoms with Gasteiger partial charge in [-0.25, -0.2) is 4.79 Å². The van der Waals surface area contributed by atoms with Gasteiger partial charge in [0.15, 0.2) is 11.5 Å². The van der Waals surface area contributed by atoms with Crippen LogP contribution >= 0.6 is 0 Å². The van der Waals surface area contributed by atoms with E-state index in [0.717, 1.165) is 17.1 Å². The predicted octanol–water partition coefficient (Wildman–Crippen LogP) is 2.77. The van der Waals surface area contributed by atoms with Gasteiger partial charge in [-0.15, -0.1) is 0 Å². The molecule has 0 aliphatic heterocycles. The van der Waals surface area contributed by atoms with E-state index in [9.17, 15) is 4.79 Å². The topological polar surface area (TPSA) is 78.1 Å². The van der Waals surface area contributed by atoms with Gasteiger partial charge in [-0.05, 0) is 48.9 Å². The van der Waals surface area contributed by atoms with E-state index in [4.69, 9.17) is 18.9 Å². The van der Waals surface area contributed by atoms with E-state index in [0.29, 0.717) is 37.8 Å². The van der Waals surface area contributed by atoms with E-state index in [-0.39, 0.29) is 6.03 Å². The Kier molecular flexibility index (Phi) is 8.09. The Hall–Kier alpha value is -3.09. The lowest BCUT2D eigenvalue weighted by molar-refractivity contribution is 0.231. The SMILES string of the molecule is COc1ccc(OCCNC(=O)NCCOc2ccc(C)cc2OC)cc1. The van der Waals surface area contributed by atoms with E-state index >= 15 is 0 Å². The van der Waals surface area contributed by atoms with Gasteiger partial charge in [-0.2, -0.15) is 0 Å². The second-order valence-electron chi connectivity index (χ2n) is 5.71. The molecule has 2 rings (SSSR count). The van der Waals surface area contributed by atoms with Crippen molar-refractivity contribution in [2.75, 3.05) is 40.5 Å².